The minimum Gasteiger partial charge on any atom is -0.477 e. The second-order valence-corrected chi connectivity index (χ2v) is 7.61. The van der Waals surface area contributed by atoms with E-state index >= 15 is 0 Å². The number of guanidine groups is 1. The number of benzene rings is 1. The van der Waals surface area contributed by atoms with Gasteiger partial charge in [-0.05, 0) is 23.6 Å². The zero-order chi connectivity index (χ0) is 21.7. The molecule has 168 valence electrons. The second-order valence-electron chi connectivity index (χ2n) is 7.61. The lowest BCUT2D eigenvalue weighted by atomic mass is 10.1. The number of pyridine rings is 1. The van der Waals surface area contributed by atoms with Gasteiger partial charge in [0.1, 0.15) is 0 Å². The molecule has 1 saturated heterocycles. The predicted octanol–water partition coefficient (Wildman–Crippen LogP) is 2.96. The molecule has 1 aliphatic heterocycles. The van der Waals surface area contributed by atoms with Gasteiger partial charge in [-0.25, -0.2) is 4.98 Å². The zero-order valence-corrected chi connectivity index (χ0v) is 18.8. The van der Waals surface area contributed by atoms with Crippen LogP contribution >= 0.6 is 0 Å². The minimum atomic E-state index is 0.602. The lowest BCUT2D eigenvalue weighted by molar-refractivity contribution is 0.0341. The van der Waals surface area contributed by atoms with Gasteiger partial charge >= 0.3 is 0 Å². The molecule has 1 aliphatic rings. The highest BCUT2D eigenvalue weighted by atomic mass is 16.5. The van der Waals surface area contributed by atoms with Gasteiger partial charge in [-0.15, -0.1) is 0 Å². The first kappa shape index (κ1) is 23.0. The van der Waals surface area contributed by atoms with Crippen LogP contribution in [0.25, 0.3) is 0 Å². The molecule has 2 N–H and O–H groups in total. The Labute approximate surface area is 185 Å². The smallest absolute Gasteiger partial charge is 0.218 e. The van der Waals surface area contributed by atoms with Crippen LogP contribution in [0.15, 0.2) is 47.6 Å². The third-order valence-corrected chi connectivity index (χ3v) is 5.32. The fraction of sp³-hybridized carbons (Fsp3) is 0.500. The lowest BCUT2D eigenvalue weighted by Gasteiger charge is -2.27. The number of aromatic nitrogens is 1. The van der Waals surface area contributed by atoms with Crippen LogP contribution in [0.3, 0.4) is 0 Å². The molecule has 0 amide bonds. The number of nitrogens with zero attached hydrogens (tertiary/aromatic N) is 3. The van der Waals surface area contributed by atoms with Crippen molar-refractivity contribution in [3.05, 3.63) is 59.3 Å². The first-order valence-electron chi connectivity index (χ1n) is 11.2. The summed E-state index contributed by atoms with van der Waals surface area (Å²) in [6.45, 7) is 8.70. The Bertz CT molecular complexity index is 821. The average molecular weight is 426 g/mol. The molecule has 31 heavy (non-hydrogen) atoms. The van der Waals surface area contributed by atoms with Crippen LogP contribution in [0.1, 0.15) is 36.5 Å². The van der Waals surface area contributed by atoms with Crippen LogP contribution in [0, 0.1) is 0 Å². The number of hydrogen-bond donors (Lipinski definition) is 2. The van der Waals surface area contributed by atoms with Crippen molar-refractivity contribution in [1.82, 2.24) is 20.5 Å². The van der Waals surface area contributed by atoms with Gasteiger partial charge in [0.2, 0.25) is 5.88 Å². The summed E-state index contributed by atoms with van der Waals surface area (Å²) in [6.07, 6.45) is 3.89. The number of unbranched alkanes of at least 4 members (excludes halogenated alkanes) is 1. The summed E-state index contributed by atoms with van der Waals surface area (Å²) in [5, 5.41) is 6.82. The molecule has 7 nitrogen and oxygen atoms in total. The van der Waals surface area contributed by atoms with Crippen molar-refractivity contribution < 1.29 is 9.47 Å². The molecule has 1 aromatic heterocycles. The summed E-state index contributed by atoms with van der Waals surface area (Å²) < 4.78 is 11.3. The highest BCUT2D eigenvalue weighted by Crippen LogP contribution is 2.15. The fourth-order valence-corrected chi connectivity index (χ4v) is 3.46. The van der Waals surface area contributed by atoms with E-state index in [9.17, 15) is 0 Å². The SMILES string of the molecule is CCCCOc1ncccc1CNC(=NC)NCc1ccccc1CN1CCOCC1. The van der Waals surface area contributed by atoms with Crippen LogP contribution in [-0.4, -0.2) is 55.8 Å². The molecule has 0 saturated carbocycles. The molecule has 2 aromatic rings. The predicted molar refractivity (Wildman–Crippen MR) is 124 cm³/mol. The van der Waals surface area contributed by atoms with Gasteiger partial charge < -0.3 is 20.1 Å². The standard InChI is InChI=1S/C24H35N5O2/c1-3-4-14-31-23-21(10-7-11-26-23)18-28-24(25-2)27-17-20-8-5-6-9-22(20)19-29-12-15-30-16-13-29/h5-11H,3-4,12-19H2,1-2H3,(H2,25,27,28). The Balaban J connectivity index is 1.53. The highest BCUT2D eigenvalue weighted by molar-refractivity contribution is 5.79. The Morgan fingerprint density at radius 1 is 1.06 bits per heavy atom. The number of nitrogens with one attached hydrogen (secondary N) is 2. The Hall–Kier alpha value is -2.64. The summed E-state index contributed by atoms with van der Waals surface area (Å²) in [5.41, 5.74) is 3.64. The van der Waals surface area contributed by atoms with Crippen molar-refractivity contribution in [1.29, 1.82) is 0 Å². The highest BCUT2D eigenvalue weighted by Gasteiger charge is 2.13. The lowest BCUT2D eigenvalue weighted by Crippen LogP contribution is -2.37. The third-order valence-electron chi connectivity index (χ3n) is 5.32. The summed E-state index contributed by atoms with van der Waals surface area (Å²) in [5.74, 6) is 1.44. The molecule has 0 atom stereocenters. The van der Waals surface area contributed by atoms with Crippen molar-refractivity contribution in [3.63, 3.8) is 0 Å². The molecule has 0 radical (unpaired) electrons. The number of morpholine rings is 1. The largest absolute Gasteiger partial charge is 0.477 e. The molecule has 1 fully saturated rings. The molecule has 2 heterocycles. The van der Waals surface area contributed by atoms with Gasteiger partial charge in [-0.2, -0.15) is 0 Å². The van der Waals surface area contributed by atoms with E-state index in [1.165, 1.54) is 11.1 Å². The van der Waals surface area contributed by atoms with E-state index < -0.39 is 0 Å². The molecule has 7 heteroatoms. The molecule has 0 unspecified atom stereocenters. The van der Waals surface area contributed by atoms with E-state index in [1.807, 2.05) is 12.1 Å². The number of rotatable bonds is 10. The number of hydrogen-bond acceptors (Lipinski definition) is 5. The van der Waals surface area contributed by atoms with Crippen LogP contribution in [0.5, 0.6) is 5.88 Å². The molecule has 0 aliphatic carbocycles. The van der Waals surface area contributed by atoms with Gasteiger partial charge in [0.15, 0.2) is 5.96 Å². The topological polar surface area (TPSA) is 71.0 Å². The van der Waals surface area contributed by atoms with Gasteiger partial charge in [-0.1, -0.05) is 43.7 Å². The summed E-state index contributed by atoms with van der Waals surface area (Å²) in [6, 6.07) is 12.5. The molecular weight excluding hydrogens is 390 g/mol. The zero-order valence-electron chi connectivity index (χ0n) is 18.8. The molecule has 0 bridgehead atoms. The summed E-state index contributed by atoms with van der Waals surface area (Å²) >= 11 is 0. The maximum atomic E-state index is 5.84. The van der Waals surface area contributed by atoms with Gasteiger partial charge in [0, 0.05) is 51.5 Å². The monoisotopic (exact) mass is 425 g/mol. The van der Waals surface area contributed by atoms with Crippen LogP contribution in [0.2, 0.25) is 0 Å². The van der Waals surface area contributed by atoms with Crippen LogP contribution in [-0.2, 0) is 24.4 Å². The summed E-state index contributed by atoms with van der Waals surface area (Å²) in [4.78, 5) is 11.2. The normalized spacial score (nSPS) is 15.0. The van der Waals surface area contributed by atoms with Crippen molar-refractivity contribution in [2.24, 2.45) is 4.99 Å². The molecule has 1 aromatic carbocycles. The maximum absolute atomic E-state index is 5.84. The molecule has 0 spiro atoms. The minimum absolute atomic E-state index is 0.602. The first-order valence-corrected chi connectivity index (χ1v) is 11.2. The number of aliphatic imine (C=N–C) groups is 1. The van der Waals surface area contributed by atoms with E-state index in [0.717, 1.165) is 57.2 Å². The first-order chi connectivity index (χ1) is 15.3. The van der Waals surface area contributed by atoms with E-state index in [1.54, 1.807) is 13.2 Å². The summed E-state index contributed by atoms with van der Waals surface area (Å²) in [7, 11) is 1.79. The van der Waals surface area contributed by atoms with Crippen LogP contribution in [0.4, 0.5) is 0 Å². The van der Waals surface area contributed by atoms with Crippen molar-refractivity contribution in [3.8, 4) is 5.88 Å². The van der Waals surface area contributed by atoms with Gasteiger partial charge in [0.25, 0.3) is 0 Å². The second kappa shape index (κ2) is 12.9. The van der Waals surface area contributed by atoms with E-state index in [2.05, 4.69) is 56.7 Å². The van der Waals surface area contributed by atoms with Crippen molar-refractivity contribution >= 4 is 5.96 Å². The van der Waals surface area contributed by atoms with Gasteiger partial charge in [0.05, 0.1) is 19.8 Å². The molecular formula is C24H35N5O2. The fourth-order valence-electron chi connectivity index (χ4n) is 3.46. The third kappa shape index (κ3) is 7.52. The van der Waals surface area contributed by atoms with E-state index in [-0.39, 0.29) is 0 Å². The van der Waals surface area contributed by atoms with Crippen LogP contribution < -0.4 is 15.4 Å². The Morgan fingerprint density at radius 3 is 2.52 bits per heavy atom. The average Bonchev–Trinajstić information content (AvgIpc) is 2.82. The van der Waals surface area contributed by atoms with E-state index in [4.69, 9.17) is 9.47 Å². The van der Waals surface area contributed by atoms with Crippen molar-refractivity contribution in [2.75, 3.05) is 40.0 Å². The quantitative estimate of drug-likeness (QED) is 0.346. The Morgan fingerprint density at radius 2 is 1.77 bits per heavy atom. The van der Waals surface area contributed by atoms with Gasteiger partial charge in [-0.3, -0.25) is 9.89 Å². The van der Waals surface area contributed by atoms with Crippen molar-refractivity contribution in [2.45, 2.75) is 39.4 Å². The number of ether oxygens (including phenoxy) is 2. The van der Waals surface area contributed by atoms with E-state index in [0.29, 0.717) is 25.6 Å². The maximum Gasteiger partial charge on any atom is 0.218 e. The Kier molecular flexibility index (Phi) is 9.60. The molecule has 3 rings (SSSR count).